The van der Waals surface area contributed by atoms with Gasteiger partial charge >= 0.3 is 0 Å². The molecule has 1 aromatic rings. The van der Waals surface area contributed by atoms with Crippen LogP contribution in [0.25, 0.3) is 0 Å². The lowest BCUT2D eigenvalue weighted by Gasteiger charge is -2.37. The molecule has 128 valence electrons. The van der Waals surface area contributed by atoms with Crippen LogP contribution in [0.4, 0.5) is 0 Å². The minimum absolute atomic E-state index is 0.227. The fraction of sp³-hybridized carbons (Fsp3) is 0.667. The van der Waals surface area contributed by atoms with E-state index in [2.05, 4.69) is 25.7 Å². The molecule has 1 fully saturated rings. The van der Waals surface area contributed by atoms with E-state index in [4.69, 9.17) is 0 Å². The first kappa shape index (κ1) is 18.0. The van der Waals surface area contributed by atoms with Crippen molar-refractivity contribution < 1.29 is 4.79 Å². The first-order valence-electron chi connectivity index (χ1n) is 9.44. The standard InChI is InChI=1S/C21H33NO/c1-17(2)10-9-11-18(3)16-20-14-7-8-15-22(20)21(23)19-12-5-4-6-13-19/h4-6,12-13,17-18,20H,7-11,14-16H2,1-3H3. The number of rotatable bonds is 7. The summed E-state index contributed by atoms with van der Waals surface area (Å²) in [6.07, 6.45) is 8.68. The Bertz CT molecular complexity index is 468. The number of likely N-dealkylation sites (tertiary alicyclic amines) is 1. The molecule has 2 nitrogen and oxygen atoms in total. The number of hydrogen-bond donors (Lipinski definition) is 0. The fourth-order valence-electron chi connectivity index (χ4n) is 3.72. The Morgan fingerprint density at radius 1 is 1.13 bits per heavy atom. The van der Waals surface area contributed by atoms with E-state index < -0.39 is 0 Å². The first-order valence-corrected chi connectivity index (χ1v) is 9.44. The summed E-state index contributed by atoms with van der Waals surface area (Å²) in [5.74, 6) is 1.74. The molecule has 1 aromatic carbocycles. The second kappa shape index (κ2) is 9.10. The molecular formula is C21H33NO. The topological polar surface area (TPSA) is 20.3 Å². The van der Waals surface area contributed by atoms with E-state index in [1.807, 2.05) is 30.3 Å². The van der Waals surface area contributed by atoms with Crippen LogP contribution in [0.1, 0.15) is 76.1 Å². The summed E-state index contributed by atoms with van der Waals surface area (Å²) in [4.78, 5) is 15.0. The first-order chi connectivity index (χ1) is 11.1. The van der Waals surface area contributed by atoms with Crippen molar-refractivity contribution in [3.05, 3.63) is 35.9 Å². The number of hydrogen-bond acceptors (Lipinski definition) is 1. The van der Waals surface area contributed by atoms with Gasteiger partial charge in [-0.2, -0.15) is 0 Å². The van der Waals surface area contributed by atoms with Gasteiger partial charge < -0.3 is 4.90 Å². The van der Waals surface area contributed by atoms with Crippen LogP contribution in [0.15, 0.2) is 30.3 Å². The highest BCUT2D eigenvalue weighted by Crippen LogP contribution is 2.27. The zero-order valence-corrected chi connectivity index (χ0v) is 15.1. The van der Waals surface area contributed by atoms with Gasteiger partial charge in [0.15, 0.2) is 0 Å². The molecule has 1 saturated heterocycles. The van der Waals surface area contributed by atoms with Crippen molar-refractivity contribution in [2.75, 3.05) is 6.54 Å². The Balaban J connectivity index is 1.91. The van der Waals surface area contributed by atoms with Gasteiger partial charge in [-0.3, -0.25) is 4.79 Å². The highest BCUT2D eigenvalue weighted by Gasteiger charge is 2.28. The molecule has 0 bridgehead atoms. The number of benzene rings is 1. The lowest BCUT2D eigenvalue weighted by molar-refractivity contribution is 0.0577. The molecule has 1 amide bonds. The molecule has 1 aliphatic rings. The molecule has 2 heteroatoms. The predicted octanol–water partition coefficient (Wildman–Crippen LogP) is 5.53. The average Bonchev–Trinajstić information content (AvgIpc) is 2.55. The van der Waals surface area contributed by atoms with E-state index in [0.29, 0.717) is 12.0 Å². The zero-order valence-electron chi connectivity index (χ0n) is 15.1. The van der Waals surface area contributed by atoms with E-state index >= 15 is 0 Å². The van der Waals surface area contributed by atoms with Crippen LogP contribution in [0.5, 0.6) is 0 Å². The second-order valence-corrected chi connectivity index (χ2v) is 7.68. The van der Waals surface area contributed by atoms with Crippen molar-refractivity contribution in [3.63, 3.8) is 0 Å². The Hall–Kier alpha value is -1.31. The van der Waals surface area contributed by atoms with Crippen LogP contribution in [-0.4, -0.2) is 23.4 Å². The smallest absolute Gasteiger partial charge is 0.254 e. The molecule has 1 heterocycles. The lowest BCUT2D eigenvalue weighted by atomic mass is 9.89. The van der Waals surface area contributed by atoms with Gasteiger partial charge in [0, 0.05) is 18.2 Å². The molecule has 0 saturated carbocycles. The number of piperidine rings is 1. The largest absolute Gasteiger partial charge is 0.336 e. The molecule has 23 heavy (non-hydrogen) atoms. The number of amides is 1. The summed E-state index contributed by atoms with van der Waals surface area (Å²) in [5.41, 5.74) is 0.840. The van der Waals surface area contributed by atoms with Crippen LogP contribution in [0, 0.1) is 11.8 Å². The minimum atomic E-state index is 0.227. The third kappa shape index (κ3) is 5.67. The van der Waals surface area contributed by atoms with Crippen LogP contribution in [-0.2, 0) is 0 Å². The maximum atomic E-state index is 12.8. The molecule has 0 spiro atoms. The highest BCUT2D eigenvalue weighted by molar-refractivity contribution is 5.94. The summed E-state index contributed by atoms with van der Waals surface area (Å²) < 4.78 is 0. The van der Waals surface area contributed by atoms with Gasteiger partial charge in [-0.05, 0) is 49.7 Å². The fourth-order valence-corrected chi connectivity index (χ4v) is 3.72. The SMILES string of the molecule is CC(C)CCCC(C)CC1CCCCN1C(=O)c1ccccc1. The maximum absolute atomic E-state index is 12.8. The highest BCUT2D eigenvalue weighted by atomic mass is 16.2. The van der Waals surface area contributed by atoms with E-state index in [9.17, 15) is 4.79 Å². The van der Waals surface area contributed by atoms with E-state index in [-0.39, 0.29) is 5.91 Å². The zero-order chi connectivity index (χ0) is 16.7. The van der Waals surface area contributed by atoms with Crippen LogP contribution in [0.2, 0.25) is 0 Å². The summed E-state index contributed by atoms with van der Waals surface area (Å²) in [7, 11) is 0. The van der Waals surface area contributed by atoms with Gasteiger partial charge in [0.2, 0.25) is 0 Å². The quantitative estimate of drug-likeness (QED) is 0.647. The van der Waals surface area contributed by atoms with Crippen molar-refractivity contribution >= 4 is 5.91 Å². The van der Waals surface area contributed by atoms with Crippen molar-refractivity contribution in [2.24, 2.45) is 11.8 Å². The second-order valence-electron chi connectivity index (χ2n) is 7.68. The Kier molecular flexibility index (Phi) is 7.14. The molecule has 0 radical (unpaired) electrons. The molecule has 2 unspecified atom stereocenters. The van der Waals surface area contributed by atoms with Gasteiger partial charge in [0.1, 0.15) is 0 Å². The average molecular weight is 316 g/mol. The number of carbonyl (C=O) groups is 1. The van der Waals surface area contributed by atoms with Crippen molar-refractivity contribution in [3.8, 4) is 0 Å². The predicted molar refractivity (Wildman–Crippen MR) is 97.6 cm³/mol. The molecule has 0 aromatic heterocycles. The van der Waals surface area contributed by atoms with Gasteiger partial charge in [0.05, 0.1) is 0 Å². The number of carbonyl (C=O) groups excluding carboxylic acids is 1. The Morgan fingerprint density at radius 3 is 2.57 bits per heavy atom. The van der Waals surface area contributed by atoms with Crippen molar-refractivity contribution in [1.29, 1.82) is 0 Å². The molecule has 1 aliphatic heterocycles. The summed E-state index contributed by atoms with van der Waals surface area (Å²) in [6.45, 7) is 7.88. The molecule has 0 aliphatic carbocycles. The third-order valence-electron chi connectivity index (χ3n) is 5.06. The summed E-state index contributed by atoms with van der Waals surface area (Å²) in [5, 5.41) is 0. The normalized spacial score (nSPS) is 19.8. The Morgan fingerprint density at radius 2 is 1.87 bits per heavy atom. The third-order valence-corrected chi connectivity index (χ3v) is 5.06. The van der Waals surface area contributed by atoms with Gasteiger partial charge in [-0.25, -0.2) is 0 Å². The van der Waals surface area contributed by atoms with Gasteiger partial charge in [-0.1, -0.05) is 58.2 Å². The molecular weight excluding hydrogens is 282 g/mol. The summed E-state index contributed by atoms with van der Waals surface area (Å²) >= 11 is 0. The van der Waals surface area contributed by atoms with Crippen LogP contribution < -0.4 is 0 Å². The van der Waals surface area contributed by atoms with Crippen LogP contribution in [0.3, 0.4) is 0 Å². The lowest BCUT2D eigenvalue weighted by Crippen LogP contribution is -2.44. The number of nitrogens with zero attached hydrogens (tertiary/aromatic N) is 1. The Labute approximate surface area is 142 Å². The van der Waals surface area contributed by atoms with E-state index in [1.54, 1.807) is 0 Å². The maximum Gasteiger partial charge on any atom is 0.254 e. The molecule has 2 rings (SSSR count). The van der Waals surface area contributed by atoms with Gasteiger partial charge in [0.25, 0.3) is 5.91 Å². The minimum Gasteiger partial charge on any atom is -0.336 e. The summed E-state index contributed by atoms with van der Waals surface area (Å²) in [6, 6.07) is 10.2. The van der Waals surface area contributed by atoms with Gasteiger partial charge in [-0.15, -0.1) is 0 Å². The van der Waals surface area contributed by atoms with E-state index in [1.165, 1.54) is 32.1 Å². The monoisotopic (exact) mass is 315 g/mol. The van der Waals surface area contributed by atoms with Crippen molar-refractivity contribution in [2.45, 2.75) is 71.8 Å². The van der Waals surface area contributed by atoms with E-state index in [0.717, 1.165) is 30.9 Å². The molecule has 2 atom stereocenters. The van der Waals surface area contributed by atoms with Crippen LogP contribution >= 0.6 is 0 Å². The molecule has 0 N–H and O–H groups in total. The van der Waals surface area contributed by atoms with Crippen molar-refractivity contribution in [1.82, 2.24) is 4.90 Å².